The van der Waals surface area contributed by atoms with Crippen LogP contribution in [0, 0.1) is 18.6 Å². The fraction of sp³-hybridized carbons (Fsp3) is 0.471. The minimum Gasteiger partial charge on any atom is -0.494 e. The molecular formula is C34H41F2N3O4S. The Morgan fingerprint density at radius 1 is 1.11 bits per heavy atom. The summed E-state index contributed by atoms with van der Waals surface area (Å²) in [5, 5.41) is 4.30. The van der Waals surface area contributed by atoms with Crippen LogP contribution in [0.1, 0.15) is 62.8 Å². The number of rotatable bonds is 9. The predicted octanol–water partition coefficient (Wildman–Crippen LogP) is 6.73. The van der Waals surface area contributed by atoms with Gasteiger partial charge in [0.2, 0.25) is 0 Å². The standard InChI is InChI=1S/C34H41F2N3O4S/c1-21-26(18-22-10-6-7-13-27(22)35)32-39(31(40)29(21)25-12-8-14-28(42-5)30(25)36)24(20-44-32)19-37-16-15-23-11-9-17-38(23)33(41)43-34(2,3)4/h6-8,10,12-14,23-24,37H,9,11,15-20H2,1-5H3. The molecule has 10 heteroatoms. The van der Waals surface area contributed by atoms with E-state index in [0.717, 1.165) is 29.9 Å². The van der Waals surface area contributed by atoms with Crippen LogP contribution in [0.4, 0.5) is 13.6 Å². The van der Waals surface area contributed by atoms with Crippen LogP contribution in [0.15, 0.2) is 52.3 Å². The molecule has 0 saturated carbocycles. The summed E-state index contributed by atoms with van der Waals surface area (Å²) in [5.74, 6) is -0.204. The van der Waals surface area contributed by atoms with Gasteiger partial charge < -0.3 is 19.7 Å². The van der Waals surface area contributed by atoms with Crippen LogP contribution in [0.25, 0.3) is 11.1 Å². The fourth-order valence-corrected chi connectivity index (χ4v) is 7.56. The van der Waals surface area contributed by atoms with Gasteiger partial charge in [-0.05, 0) is 82.3 Å². The lowest BCUT2D eigenvalue weighted by Crippen LogP contribution is -2.41. The highest BCUT2D eigenvalue weighted by Crippen LogP contribution is 2.40. The van der Waals surface area contributed by atoms with Crippen LogP contribution in [-0.4, -0.2) is 59.7 Å². The largest absolute Gasteiger partial charge is 0.494 e. The predicted molar refractivity (Wildman–Crippen MR) is 170 cm³/mol. The van der Waals surface area contributed by atoms with Crippen molar-refractivity contribution in [2.75, 3.05) is 32.5 Å². The SMILES string of the molecule is COc1cccc(-c2c(C)c(Cc3ccccc3F)c3n(c2=O)C(CNCCC2CCCN2C(=O)OC(C)(C)C)CS3)c1F. The number of carbonyl (C=O) groups is 1. The van der Waals surface area contributed by atoms with Gasteiger partial charge in [0.1, 0.15) is 11.4 Å². The molecule has 0 radical (unpaired) electrons. The van der Waals surface area contributed by atoms with E-state index in [9.17, 15) is 14.0 Å². The van der Waals surface area contributed by atoms with Crippen molar-refractivity contribution in [2.24, 2.45) is 0 Å². The van der Waals surface area contributed by atoms with Crippen LogP contribution in [0.5, 0.6) is 5.75 Å². The number of methoxy groups -OCH3 is 1. The fourth-order valence-electron chi connectivity index (χ4n) is 6.17. The third-order valence-corrected chi connectivity index (χ3v) is 9.60. The maximum Gasteiger partial charge on any atom is 0.410 e. The molecule has 2 atom stereocenters. The van der Waals surface area contributed by atoms with Crippen molar-refractivity contribution in [2.45, 2.75) is 76.1 Å². The van der Waals surface area contributed by atoms with Crippen LogP contribution in [-0.2, 0) is 11.2 Å². The first-order valence-corrected chi connectivity index (χ1v) is 16.2. The van der Waals surface area contributed by atoms with E-state index in [-0.39, 0.29) is 52.9 Å². The number of nitrogens with one attached hydrogen (secondary N) is 1. The van der Waals surface area contributed by atoms with E-state index in [1.165, 1.54) is 19.2 Å². The highest BCUT2D eigenvalue weighted by Gasteiger charge is 2.33. The average Bonchev–Trinajstić information content (AvgIpc) is 3.62. The topological polar surface area (TPSA) is 72.8 Å². The van der Waals surface area contributed by atoms with E-state index in [1.807, 2.05) is 32.6 Å². The highest BCUT2D eigenvalue weighted by molar-refractivity contribution is 7.99. The Bertz CT molecular complexity index is 1590. The normalized spacial score (nSPS) is 18.0. The first-order chi connectivity index (χ1) is 21.0. The molecule has 1 saturated heterocycles. The van der Waals surface area contributed by atoms with Gasteiger partial charge >= 0.3 is 6.09 Å². The van der Waals surface area contributed by atoms with Crippen molar-refractivity contribution < 1.29 is 23.0 Å². The molecule has 5 rings (SSSR count). The number of halogens is 2. The number of nitrogens with zero attached hydrogens (tertiary/aromatic N) is 2. The molecule has 0 aliphatic carbocycles. The number of pyridine rings is 1. The smallest absolute Gasteiger partial charge is 0.410 e. The number of ether oxygens (including phenoxy) is 2. The van der Waals surface area contributed by atoms with Crippen LogP contribution in [0.2, 0.25) is 0 Å². The van der Waals surface area contributed by atoms with Gasteiger partial charge in [-0.15, -0.1) is 11.8 Å². The molecule has 0 spiro atoms. The maximum absolute atomic E-state index is 15.6. The third kappa shape index (κ3) is 6.66. The molecule has 2 aliphatic rings. The zero-order valence-electron chi connectivity index (χ0n) is 26.0. The summed E-state index contributed by atoms with van der Waals surface area (Å²) in [4.78, 5) is 28.7. The molecule has 1 aromatic heterocycles. The molecular weight excluding hydrogens is 584 g/mol. The Morgan fingerprint density at radius 3 is 2.61 bits per heavy atom. The molecule has 2 unspecified atom stereocenters. The monoisotopic (exact) mass is 625 g/mol. The molecule has 2 aromatic carbocycles. The molecule has 3 heterocycles. The van der Waals surface area contributed by atoms with Gasteiger partial charge in [-0.2, -0.15) is 0 Å². The van der Waals surface area contributed by atoms with Gasteiger partial charge in [0.05, 0.1) is 23.7 Å². The number of benzene rings is 2. The molecule has 44 heavy (non-hydrogen) atoms. The van der Waals surface area contributed by atoms with Crippen molar-refractivity contribution in [3.63, 3.8) is 0 Å². The van der Waals surface area contributed by atoms with Crippen molar-refractivity contribution in [3.05, 3.63) is 81.1 Å². The molecule has 7 nitrogen and oxygen atoms in total. The summed E-state index contributed by atoms with van der Waals surface area (Å²) in [6, 6.07) is 11.3. The first kappa shape index (κ1) is 32.0. The molecule has 3 aromatic rings. The Balaban J connectivity index is 1.41. The number of carbonyl (C=O) groups excluding carboxylic acids is 1. The Labute approximate surface area is 261 Å². The summed E-state index contributed by atoms with van der Waals surface area (Å²) in [5.41, 5.74) is 1.60. The number of aromatic nitrogens is 1. The number of fused-ring (bicyclic) bond motifs is 1. The van der Waals surface area contributed by atoms with Gasteiger partial charge in [0, 0.05) is 36.9 Å². The van der Waals surface area contributed by atoms with Crippen LogP contribution in [0.3, 0.4) is 0 Å². The minimum atomic E-state index is -0.598. The second-order valence-corrected chi connectivity index (χ2v) is 13.5. The lowest BCUT2D eigenvalue weighted by Gasteiger charge is -2.28. The molecule has 1 amide bonds. The van der Waals surface area contributed by atoms with E-state index in [4.69, 9.17) is 9.47 Å². The first-order valence-electron chi connectivity index (χ1n) is 15.2. The summed E-state index contributed by atoms with van der Waals surface area (Å²) in [6.07, 6.45) is 2.65. The Morgan fingerprint density at radius 2 is 1.89 bits per heavy atom. The zero-order valence-corrected chi connectivity index (χ0v) is 26.9. The number of amides is 1. The van der Waals surface area contributed by atoms with Crippen molar-refractivity contribution in [3.8, 4) is 16.9 Å². The van der Waals surface area contributed by atoms with Gasteiger partial charge in [0.25, 0.3) is 5.56 Å². The number of thioether (sulfide) groups is 1. The molecule has 2 aliphatic heterocycles. The van der Waals surface area contributed by atoms with Gasteiger partial charge in [0.15, 0.2) is 11.6 Å². The van der Waals surface area contributed by atoms with Crippen molar-refractivity contribution in [1.29, 1.82) is 0 Å². The Kier molecular flexibility index (Phi) is 9.70. The van der Waals surface area contributed by atoms with Gasteiger partial charge in [-0.1, -0.05) is 30.3 Å². The summed E-state index contributed by atoms with van der Waals surface area (Å²) >= 11 is 1.58. The van der Waals surface area contributed by atoms with E-state index >= 15 is 4.39 Å². The second kappa shape index (κ2) is 13.3. The average molecular weight is 626 g/mol. The van der Waals surface area contributed by atoms with Gasteiger partial charge in [-0.3, -0.25) is 9.36 Å². The molecule has 1 N–H and O–H groups in total. The second-order valence-electron chi connectivity index (χ2n) is 12.5. The van der Waals surface area contributed by atoms with E-state index in [2.05, 4.69) is 5.32 Å². The lowest BCUT2D eigenvalue weighted by molar-refractivity contribution is 0.0220. The minimum absolute atomic E-state index is 0.0578. The third-order valence-electron chi connectivity index (χ3n) is 8.33. The van der Waals surface area contributed by atoms with E-state index < -0.39 is 11.4 Å². The Hall–Kier alpha value is -3.37. The maximum atomic E-state index is 15.6. The van der Waals surface area contributed by atoms with Crippen LogP contribution < -0.4 is 15.6 Å². The van der Waals surface area contributed by atoms with E-state index in [1.54, 1.807) is 46.7 Å². The summed E-state index contributed by atoms with van der Waals surface area (Å²) in [6.45, 7) is 9.31. The molecule has 1 fully saturated rings. The highest BCUT2D eigenvalue weighted by atomic mass is 32.2. The quantitative estimate of drug-likeness (QED) is 0.266. The number of hydrogen-bond acceptors (Lipinski definition) is 6. The number of likely N-dealkylation sites (tertiary alicyclic amines) is 1. The van der Waals surface area contributed by atoms with Crippen LogP contribution >= 0.6 is 11.8 Å². The number of hydrogen-bond donors (Lipinski definition) is 1. The van der Waals surface area contributed by atoms with Crippen molar-refractivity contribution in [1.82, 2.24) is 14.8 Å². The molecule has 236 valence electrons. The molecule has 0 bridgehead atoms. The van der Waals surface area contributed by atoms with E-state index in [0.29, 0.717) is 36.5 Å². The van der Waals surface area contributed by atoms with Gasteiger partial charge in [-0.25, -0.2) is 13.6 Å². The summed E-state index contributed by atoms with van der Waals surface area (Å²) in [7, 11) is 1.39. The van der Waals surface area contributed by atoms with Crippen molar-refractivity contribution >= 4 is 17.9 Å². The zero-order chi connectivity index (χ0) is 31.6. The lowest BCUT2D eigenvalue weighted by atomic mass is 9.94. The summed E-state index contributed by atoms with van der Waals surface area (Å²) < 4.78 is 43.0.